The number of halogens is 3. The minimum atomic E-state index is -4.40. The van der Waals surface area contributed by atoms with Gasteiger partial charge in [-0.25, -0.2) is 0 Å². The zero-order chi connectivity index (χ0) is 24.1. The van der Waals surface area contributed by atoms with Gasteiger partial charge in [0.05, 0.1) is 18.8 Å². The maximum Gasteiger partial charge on any atom is 0.416 e. The highest BCUT2D eigenvalue weighted by Gasteiger charge is 2.31. The van der Waals surface area contributed by atoms with E-state index in [2.05, 4.69) is 22.1 Å². The number of carbonyl (C=O) groups excluding carboxylic acids is 1. The van der Waals surface area contributed by atoms with Crippen LogP contribution in [0.3, 0.4) is 0 Å². The second-order valence-electron chi connectivity index (χ2n) is 8.62. The predicted molar refractivity (Wildman–Crippen MR) is 126 cm³/mol. The molecule has 0 aliphatic carbocycles. The number of morpholine rings is 1. The Kier molecular flexibility index (Phi) is 7.58. The Balaban J connectivity index is 1.56. The van der Waals surface area contributed by atoms with Crippen molar-refractivity contribution in [2.45, 2.75) is 31.9 Å². The summed E-state index contributed by atoms with van der Waals surface area (Å²) in [5.41, 5.74) is 3.05. The third-order valence-electron chi connectivity index (χ3n) is 6.47. The Labute approximate surface area is 197 Å². The van der Waals surface area contributed by atoms with E-state index in [1.807, 2.05) is 24.4 Å². The Bertz CT molecular complexity index is 1100. The summed E-state index contributed by atoms with van der Waals surface area (Å²) in [7, 11) is 0. The normalized spacial score (nSPS) is 16.0. The van der Waals surface area contributed by atoms with Crippen molar-refractivity contribution in [3.63, 3.8) is 0 Å². The number of rotatable bonds is 8. The number of ether oxygens (including phenoxy) is 1. The molecule has 1 fully saturated rings. The molecule has 1 atom stereocenters. The highest BCUT2D eigenvalue weighted by Crippen LogP contribution is 2.36. The standard InChI is InChI=1S/C26H30F3N3O2/c1-2-18-4-3-5-21-23(17-31-25(18)21)22(19-6-8-20(9-7-19)26(27,28)29)16-24(33)30-10-11-32-12-14-34-15-13-32/h3-9,17,22,31H,2,10-16H2,1H3,(H,30,33)/t22-/m0/s1. The molecular weight excluding hydrogens is 443 g/mol. The van der Waals surface area contributed by atoms with Gasteiger partial charge in [-0.2, -0.15) is 13.2 Å². The molecule has 2 N–H and O–H groups in total. The molecule has 3 aromatic rings. The summed E-state index contributed by atoms with van der Waals surface area (Å²) in [6, 6.07) is 11.2. The molecule has 0 bridgehead atoms. The Morgan fingerprint density at radius 1 is 1.15 bits per heavy atom. The fourth-order valence-corrected chi connectivity index (χ4v) is 4.57. The van der Waals surface area contributed by atoms with Crippen molar-refractivity contribution in [2.24, 2.45) is 0 Å². The summed E-state index contributed by atoms with van der Waals surface area (Å²) in [5.74, 6) is -0.495. The van der Waals surface area contributed by atoms with Crippen molar-refractivity contribution in [3.05, 3.63) is 70.9 Å². The molecule has 1 aromatic heterocycles. The van der Waals surface area contributed by atoms with Crippen molar-refractivity contribution in [1.29, 1.82) is 0 Å². The fourth-order valence-electron chi connectivity index (χ4n) is 4.57. The molecule has 2 aromatic carbocycles. The summed E-state index contributed by atoms with van der Waals surface area (Å²) in [4.78, 5) is 18.5. The second kappa shape index (κ2) is 10.6. The molecule has 1 aliphatic heterocycles. The van der Waals surface area contributed by atoms with E-state index in [0.717, 1.165) is 60.2 Å². The number of carbonyl (C=O) groups is 1. The van der Waals surface area contributed by atoms with Crippen LogP contribution in [0, 0.1) is 0 Å². The van der Waals surface area contributed by atoms with Crippen LogP contribution >= 0.6 is 0 Å². The Morgan fingerprint density at radius 2 is 1.88 bits per heavy atom. The third-order valence-corrected chi connectivity index (χ3v) is 6.47. The first kappa shape index (κ1) is 24.3. The molecule has 1 aliphatic rings. The predicted octanol–water partition coefficient (Wildman–Crippen LogP) is 4.72. The molecule has 8 heteroatoms. The van der Waals surface area contributed by atoms with Crippen LogP contribution in [0.4, 0.5) is 13.2 Å². The van der Waals surface area contributed by atoms with Crippen LogP contribution in [-0.4, -0.2) is 55.2 Å². The summed E-state index contributed by atoms with van der Waals surface area (Å²) < 4.78 is 44.7. The van der Waals surface area contributed by atoms with Crippen LogP contribution in [0.25, 0.3) is 10.9 Å². The van der Waals surface area contributed by atoms with Gasteiger partial charge in [0.1, 0.15) is 0 Å². The van der Waals surface area contributed by atoms with E-state index in [9.17, 15) is 18.0 Å². The number of aryl methyl sites for hydroxylation is 1. The molecule has 0 spiro atoms. The maximum atomic E-state index is 13.1. The first-order chi connectivity index (χ1) is 16.4. The molecule has 1 amide bonds. The number of hydrogen-bond acceptors (Lipinski definition) is 3. The number of para-hydroxylation sites is 1. The van der Waals surface area contributed by atoms with Gasteiger partial charge in [-0.15, -0.1) is 0 Å². The van der Waals surface area contributed by atoms with E-state index in [4.69, 9.17) is 4.74 Å². The minimum absolute atomic E-state index is 0.126. The fraction of sp³-hybridized carbons (Fsp3) is 0.423. The lowest BCUT2D eigenvalue weighted by atomic mass is 9.87. The van der Waals surface area contributed by atoms with Crippen LogP contribution in [0.2, 0.25) is 0 Å². The number of fused-ring (bicyclic) bond motifs is 1. The number of nitrogens with zero attached hydrogens (tertiary/aromatic N) is 1. The first-order valence-electron chi connectivity index (χ1n) is 11.7. The minimum Gasteiger partial charge on any atom is -0.379 e. The molecule has 0 saturated carbocycles. The number of aromatic amines is 1. The van der Waals surface area contributed by atoms with Crippen molar-refractivity contribution in [1.82, 2.24) is 15.2 Å². The Morgan fingerprint density at radius 3 is 2.56 bits per heavy atom. The third kappa shape index (κ3) is 5.62. The number of hydrogen-bond donors (Lipinski definition) is 2. The topological polar surface area (TPSA) is 57.4 Å². The van der Waals surface area contributed by atoms with Crippen LogP contribution in [-0.2, 0) is 22.1 Å². The van der Waals surface area contributed by atoms with Crippen LogP contribution in [0.15, 0.2) is 48.7 Å². The van der Waals surface area contributed by atoms with Gasteiger partial charge < -0.3 is 15.0 Å². The molecule has 34 heavy (non-hydrogen) atoms. The Hall–Kier alpha value is -2.84. The van der Waals surface area contributed by atoms with Crippen molar-refractivity contribution in [3.8, 4) is 0 Å². The van der Waals surface area contributed by atoms with Gasteiger partial charge >= 0.3 is 6.18 Å². The summed E-state index contributed by atoms with van der Waals surface area (Å²) in [6.07, 6.45) is -1.52. The molecule has 4 rings (SSSR count). The highest BCUT2D eigenvalue weighted by molar-refractivity contribution is 5.88. The molecule has 5 nitrogen and oxygen atoms in total. The number of alkyl halides is 3. The molecular formula is C26H30F3N3O2. The average molecular weight is 474 g/mol. The molecule has 1 saturated heterocycles. The van der Waals surface area contributed by atoms with E-state index in [1.54, 1.807) is 0 Å². The molecule has 0 unspecified atom stereocenters. The average Bonchev–Trinajstić information content (AvgIpc) is 3.27. The van der Waals surface area contributed by atoms with Crippen molar-refractivity contribution in [2.75, 3.05) is 39.4 Å². The molecule has 0 radical (unpaired) electrons. The maximum absolute atomic E-state index is 13.1. The summed E-state index contributed by atoms with van der Waals surface area (Å²) >= 11 is 0. The van der Waals surface area contributed by atoms with Gasteiger partial charge in [0.2, 0.25) is 5.91 Å². The monoisotopic (exact) mass is 473 g/mol. The zero-order valence-corrected chi connectivity index (χ0v) is 19.3. The van der Waals surface area contributed by atoms with E-state index in [0.29, 0.717) is 25.3 Å². The molecule has 2 heterocycles. The van der Waals surface area contributed by atoms with E-state index < -0.39 is 11.7 Å². The summed E-state index contributed by atoms with van der Waals surface area (Å²) in [5, 5.41) is 3.98. The zero-order valence-electron chi connectivity index (χ0n) is 19.3. The molecule has 182 valence electrons. The largest absolute Gasteiger partial charge is 0.416 e. The quantitative estimate of drug-likeness (QED) is 0.498. The lowest BCUT2D eigenvalue weighted by molar-refractivity contribution is -0.137. The van der Waals surface area contributed by atoms with E-state index in [-0.39, 0.29) is 18.2 Å². The van der Waals surface area contributed by atoms with Gasteiger partial charge in [-0.05, 0) is 35.2 Å². The van der Waals surface area contributed by atoms with E-state index >= 15 is 0 Å². The second-order valence-corrected chi connectivity index (χ2v) is 8.62. The smallest absolute Gasteiger partial charge is 0.379 e. The number of nitrogens with one attached hydrogen (secondary N) is 2. The van der Waals surface area contributed by atoms with Gasteiger partial charge in [0.25, 0.3) is 0 Å². The number of H-pyrrole nitrogens is 1. The van der Waals surface area contributed by atoms with Gasteiger partial charge in [0.15, 0.2) is 0 Å². The summed E-state index contributed by atoms with van der Waals surface area (Å²) in [6.45, 7) is 6.43. The number of benzene rings is 2. The van der Waals surface area contributed by atoms with Crippen LogP contribution in [0.5, 0.6) is 0 Å². The van der Waals surface area contributed by atoms with Gasteiger partial charge in [-0.1, -0.05) is 37.3 Å². The lowest BCUT2D eigenvalue weighted by Crippen LogP contribution is -2.41. The van der Waals surface area contributed by atoms with Gasteiger partial charge in [0, 0.05) is 55.6 Å². The van der Waals surface area contributed by atoms with E-state index in [1.165, 1.54) is 12.1 Å². The van der Waals surface area contributed by atoms with Crippen molar-refractivity contribution < 1.29 is 22.7 Å². The first-order valence-corrected chi connectivity index (χ1v) is 11.7. The lowest BCUT2D eigenvalue weighted by Gasteiger charge is -2.26. The van der Waals surface area contributed by atoms with Crippen molar-refractivity contribution >= 4 is 16.8 Å². The number of aromatic nitrogens is 1. The SMILES string of the molecule is CCc1cccc2c([C@@H](CC(=O)NCCN3CCOCC3)c3ccc(C(F)(F)F)cc3)c[nH]c12. The van der Waals surface area contributed by atoms with Crippen LogP contribution < -0.4 is 5.32 Å². The van der Waals surface area contributed by atoms with Crippen LogP contribution in [0.1, 0.15) is 41.5 Å². The number of amides is 1. The van der Waals surface area contributed by atoms with Gasteiger partial charge in [-0.3, -0.25) is 9.69 Å². The highest BCUT2D eigenvalue weighted by atomic mass is 19.4.